The van der Waals surface area contributed by atoms with Crippen LogP contribution in [-0.2, 0) is 16.1 Å². The van der Waals surface area contributed by atoms with E-state index in [0.717, 1.165) is 5.56 Å². The molecule has 2 amide bonds. The smallest absolute Gasteiger partial charge is 0.242 e. The topological polar surface area (TPSA) is 40.6 Å². The Balaban J connectivity index is 1.91. The van der Waals surface area contributed by atoms with Crippen LogP contribution in [0.15, 0.2) is 18.2 Å². The van der Waals surface area contributed by atoms with Crippen molar-refractivity contribution in [3.05, 3.63) is 34.9 Å². The van der Waals surface area contributed by atoms with Gasteiger partial charge >= 0.3 is 0 Å². The Hall–Kier alpha value is -1.49. The zero-order chi connectivity index (χ0) is 17.0. The van der Waals surface area contributed by atoms with Crippen LogP contribution >= 0.6 is 11.8 Å². The first-order valence-electron chi connectivity index (χ1n) is 8.09. The molecule has 0 aliphatic carbocycles. The maximum absolute atomic E-state index is 12.3. The molecule has 1 heterocycles. The van der Waals surface area contributed by atoms with E-state index in [1.165, 1.54) is 11.1 Å². The van der Waals surface area contributed by atoms with Crippen molar-refractivity contribution >= 4 is 23.6 Å². The summed E-state index contributed by atoms with van der Waals surface area (Å²) in [5.74, 6) is 0.573. The van der Waals surface area contributed by atoms with Crippen LogP contribution in [0.25, 0.3) is 0 Å². The fourth-order valence-electron chi connectivity index (χ4n) is 2.80. The molecule has 0 bridgehead atoms. The number of hydrogen-bond acceptors (Lipinski definition) is 3. The molecule has 0 radical (unpaired) electrons. The molecule has 0 saturated carbocycles. The normalized spacial score (nSPS) is 15.4. The zero-order valence-electron chi connectivity index (χ0n) is 14.5. The lowest BCUT2D eigenvalue weighted by molar-refractivity contribution is -0.144. The minimum atomic E-state index is 0.0401. The van der Waals surface area contributed by atoms with Crippen molar-refractivity contribution in [1.82, 2.24) is 9.80 Å². The summed E-state index contributed by atoms with van der Waals surface area (Å²) in [5.41, 5.74) is 3.59. The minimum absolute atomic E-state index is 0.0401. The second-order valence-corrected chi connectivity index (χ2v) is 8.05. The van der Waals surface area contributed by atoms with E-state index in [1.54, 1.807) is 16.7 Å². The van der Waals surface area contributed by atoms with Gasteiger partial charge in [-0.1, -0.05) is 43.2 Å². The van der Waals surface area contributed by atoms with Crippen LogP contribution in [0.2, 0.25) is 0 Å². The van der Waals surface area contributed by atoms with E-state index >= 15 is 0 Å². The first-order valence-corrected chi connectivity index (χ1v) is 9.14. The van der Waals surface area contributed by atoms with E-state index < -0.39 is 0 Å². The van der Waals surface area contributed by atoms with Crippen molar-refractivity contribution in [2.45, 2.75) is 39.5 Å². The van der Waals surface area contributed by atoms with Gasteiger partial charge < -0.3 is 9.80 Å². The highest BCUT2D eigenvalue weighted by Crippen LogP contribution is 2.15. The molecular weight excluding hydrogens is 308 g/mol. The molecule has 1 fully saturated rings. The molecular formula is C18H26N2O2S. The van der Waals surface area contributed by atoms with Crippen LogP contribution in [0.3, 0.4) is 0 Å². The Labute approximate surface area is 143 Å². The molecule has 1 aliphatic heterocycles. The van der Waals surface area contributed by atoms with Gasteiger partial charge in [0.1, 0.15) is 0 Å². The Kier molecular flexibility index (Phi) is 6.10. The Bertz CT molecular complexity index is 566. The fraction of sp³-hybridized carbons (Fsp3) is 0.556. The number of rotatable bonds is 5. The standard InChI is InChI=1S/C18H26N2O2S/c1-13(2)23-12-18(22)20-6-5-19(17(21)11-20)10-16-8-14(3)7-15(4)9-16/h7-9,13H,5-6,10-12H2,1-4H3. The van der Waals surface area contributed by atoms with Gasteiger partial charge in [-0.2, -0.15) is 0 Å². The summed E-state index contributed by atoms with van der Waals surface area (Å²) in [5, 5.41) is 0.431. The number of piperazine rings is 1. The lowest BCUT2D eigenvalue weighted by atomic mass is 10.1. The number of amides is 2. The molecule has 0 N–H and O–H groups in total. The number of thioether (sulfide) groups is 1. The number of benzene rings is 1. The van der Waals surface area contributed by atoms with Gasteiger partial charge in [0, 0.05) is 19.6 Å². The molecule has 0 unspecified atom stereocenters. The fourth-order valence-corrected chi connectivity index (χ4v) is 3.46. The van der Waals surface area contributed by atoms with E-state index in [-0.39, 0.29) is 18.4 Å². The number of nitrogens with zero attached hydrogens (tertiary/aromatic N) is 2. The summed E-state index contributed by atoms with van der Waals surface area (Å²) in [4.78, 5) is 28.0. The second-order valence-electron chi connectivity index (χ2n) is 6.49. The number of carbonyl (C=O) groups excluding carboxylic acids is 2. The van der Waals surface area contributed by atoms with E-state index in [2.05, 4.69) is 45.9 Å². The molecule has 0 aromatic heterocycles. The summed E-state index contributed by atoms with van der Waals surface area (Å²) in [6.07, 6.45) is 0. The Morgan fingerprint density at radius 1 is 1.17 bits per heavy atom. The van der Waals surface area contributed by atoms with Crippen LogP contribution in [0.5, 0.6) is 0 Å². The predicted molar refractivity (Wildman–Crippen MR) is 95.5 cm³/mol. The summed E-state index contributed by atoms with van der Waals surface area (Å²) in [7, 11) is 0. The van der Waals surface area contributed by atoms with E-state index in [9.17, 15) is 9.59 Å². The maximum atomic E-state index is 12.3. The van der Waals surface area contributed by atoms with Gasteiger partial charge in [0.05, 0.1) is 12.3 Å². The zero-order valence-corrected chi connectivity index (χ0v) is 15.3. The molecule has 23 heavy (non-hydrogen) atoms. The largest absolute Gasteiger partial charge is 0.335 e. The number of carbonyl (C=O) groups is 2. The molecule has 1 aromatic carbocycles. The van der Waals surface area contributed by atoms with Crippen LogP contribution < -0.4 is 0 Å². The molecule has 1 saturated heterocycles. The third kappa shape index (κ3) is 5.27. The molecule has 0 atom stereocenters. The monoisotopic (exact) mass is 334 g/mol. The Morgan fingerprint density at radius 2 is 1.83 bits per heavy atom. The van der Waals surface area contributed by atoms with Gasteiger partial charge in [-0.25, -0.2) is 0 Å². The van der Waals surface area contributed by atoms with Crippen molar-refractivity contribution in [3.63, 3.8) is 0 Å². The van der Waals surface area contributed by atoms with Gasteiger partial charge in [-0.05, 0) is 24.7 Å². The van der Waals surface area contributed by atoms with Crippen molar-refractivity contribution in [2.75, 3.05) is 25.4 Å². The van der Waals surface area contributed by atoms with Gasteiger partial charge in [-0.15, -0.1) is 11.8 Å². The minimum Gasteiger partial charge on any atom is -0.335 e. The second kappa shape index (κ2) is 7.86. The lowest BCUT2D eigenvalue weighted by Crippen LogP contribution is -2.52. The predicted octanol–water partition coefficient (Wildman–Crippen LogP) is 2.62. The van der Waals surface area contributed by atoms with Gasteiger partial charge in [-0.3, -0.25) is 9.59 Å². The van der Waals surface area contributed by atoms with E-state index in [1.807, 2.05) is 4.90 Å². The third-order valence-electron chi connectivity index (χ3n) is 3.87. The summed E-state index contributed by atoms with van der Waals surface area (Å²) < 4.78 is 0. The van der Waals surface area contributed by atoms with E-state index in [0.29, 0.717) is 30.6 Å². The molecule has 1 aromatic rings. The van der Waals surface area contributed by atoms with Crippen molar-refractivity contribution < 1.29 is 9.59 Å². The first-order chi connectivity index (χ1) is 10.8. The van der Waals surface area contributed by atoms with Gasteiger partial charge in [0.2, 0.25) is 11.8 Å². The average Bonchev–Trinajstić information content (AvgIpc) is 2.45. The average molecular weight is 334 g/mol. The van der Waals surface area contributed by atoms with Crippen LogP contribution in [0.4, 0.5) is 0 Å². The third-order valence-corrected chi connectivity index (χ3v) is 4.95. The molecule has 4 nitrogen and oxygen atoms in total. The lowest BCUT2D eigenvalue weighted by Gasteiger charge is -2.34. The summed E-state index contributed by atoms with van der Waals surface area (Å²) in [6.45, 7) is 10.4. The van der Waals surface area contributed by atoms with E-state index in [4.69, 9.17) is 0 Å². The molecule has 0 spiro atoms. The molecule has 5 heteroatoms. The van der Waals surface area contributed by atoms with Crippen molar-refractivity contribution in [1.29, 1.82) is 0 Å². The van der Waals surface area contributed by atoms with Gasteiger partial charge in [0.25, 0.3) is 0 Å². The Morgan fingerprint density at radius 3 is 2.39 bits per heavy atom. The maximum Gasteiger partial charge on any atom is 0.242 e. The quantitative estimate of drug-likeness (QED) is 0.831. The highest BCUT2D eigenvalue weighted by Gasteiger charge is 2.27. The van der Waals surface area contributed by atoms with Crippen LogP contribution in [0, 0.1) is 13.8 Å². The summed E-state index contributed by atoms with van der Waals surface area (Å²) >= 11 is 1.62. The van der Waals surface area contributed by atoms with Crippen LogP contribution in [-0.4, -0.2) is 52.3 Å². The molecule has 1 aliphatic rings. The highest BCUT2D eigenvalue weighted by molar-refractivity contribution is 8.00. The van der Waals surface area contributed by atoms with Gasteiger partial charge in [0.15, 0.2) is 0 Å². The SMILES string of the molecule is Cc1cc(C)cc(CN2CCN(C(=O)CSC(C)C)CC2=O)c1. The summed E-state index contributed by atoms with van der Waals surface area (Å²) in [6, 6.07) is 6.38. The number of hydrogen-bond donors (Lipinski definition) is 0. The van der Waals surface area contributed by atoms with Crippen molar-refractivity contribution in [3.8, 4) is 0 Å². The highest BCUT2D eigenvalue weighted by atomic mass is 32.2. The number of aryl methyl sites for hydroxylation is 2. The molecule has 2 rings (SSSR count). The van der Waals surface area contributed by atoms with Crippen LogP contribution in [0.1, 0.15) is 30.5 Å². The molecule has 126 valence electrons. The van der Waals surface area contributed by atoms with Crippen molar-refractivity contribution in [2.24, 2.45) is 0 Å². The first kappa shape index (κ1) is 17.9.